The summed E-state index contributed by atoms with van der Waals surface area (Å²) in [4.78, 5) is 12.6. The summed E-state index contributed by atoms with van der Waals surface area (Å²) in [6, 6.07) is 7.29. The Morgan fingerprint density at radius 1 is 1.12 bits per heavy atom. The minimum atomic E-state index is -0.486. The molecule has 0 aliphatic heterocycles. The summed E-state index contributed by atoms with van der Waals surface area (Å²) in [6.45, 7) is 0. The molecular weight excluding hydrogens is 327 g/mol. The van der Waals surface area contributed by atoms with E-state index >= 15 is 0 Å². The predicted molar refractivity (Wildman–Crippen MR) is 90.7 cm³/mol. The number of carbonyl (C=O) groups excluding carboxylic acids is 1. The molecule has 25 heavy (non-hydrogen) atoms. The first-order valence-corrected chi connectivity index (χ1v) is 7.39. The van der Waals surface area contributed by atoms with E-state index in [0.717, 1.165) is 0 Å². The number of hydrogen-bond donors (Lipinski definition) is 1. The number of phenols is 1. The van der Waals surface area contributed by atoms with Gasteiger partial charge < -0.3 is 19.0 Å². The van der Waals surface area contributed by atoms with Gasteiger partial charge in [0.1, 0.15) is 17.1 Å². The highest BCUT2D eigenvalue weighted by Crippen LogP contribution is 2.45. The quantitative estimate of drug-likeness (QED) is 0.556. The van der Waals surface area contributed by atoms with Gasteiger partial charge in [-0.25, -0.2) is 4.39 Å². The number of allylic oxidation sites excluding steroid dienone is 1. The Labute approximate surface area is 142 Å². The molecule has 0 unspecified atom stereocenters. The van der Waals surface area contributed by atoms with Crippen LogP contribution < -0.4 is 9.47 Å². The van der Waals surface area contributed by atoms with Crippen molar-refractivity contribution < 1.29 is 28.2 Å². The normalized spacial score (nSPS) is 11.2. The third-order valence-electron chi connectivity index (χ3n) is 3.75. The van der Waals surface area contributed by atoms with Crippen molar-refractivity contribution >= 4 is 22.8 Å². The lowest BCUT2D eigenvalue weighted by Gasteiger charge is -2.13. The van der Waals surface area contributed by atoms with Crippen LogP contribution in [0.5, 0.6) is 17.2 Å². The highest BCUT2D eigenvalue weighted by atomic mass is 19.1. The average Bonchev–Trinajstić information content (AvgIpc) is 3.09. The molecule has 0 aliphatic rings. The molecule has 0 spiro atoms. The highest BCUT2D eigenvalue weighted by Gasteiger charge is 2.26. The van der Waals surface area contributed by atoms with Crippen LogP contribution in [-0.4, -0.2) is 25.1 Å². The Morgan fingerprint density at radius 2 is 1.80 bits per heavy atom. The second-order valence-corrected chi connectivity index (χ2v) is 5.20. The molecule has 5 nitrogen and oxygen atoms in total. The Balaban J connectivity index is 2.09. The number of ketones is 1. The molecule has 3 aromatic rings. The summed E-state index contributed by atoms with van der Waals surface area (Å²) < 4.78 is 28.7. The van der Waals surface area contributed by atoms with E-state index in [2.05, 4.69) is 0 Å². The van der Waals surface area contributed by atoms with E-state index in [1.54, 1.807) is 6.07 Å². The molecule has 0 radical (unpaired) electrons. The van der Waals surface area contributed by atoms with Gasteiger partial charge in [-0.2, -0.15) is 0 Å². The fourth-order valence-electron chi connectivity index (χ4n) is 2.59. The zero-order chi connectivity index (χ0) is 18.0. The van der Waals surface area contributed by atoms with Crippen LogP contribution in [-0.2, 0) is 0 Å². The van der Waals surface area contributed by atoms with Gasteiger partial charge in [0.05, 0.1) is 25.9 Å². The molecule has 128 valence electrons. The third kappa shape index (κ3) is 2.94. The minimum Gasteiger partial charge on any atom is -0.504 e. The van der Waals surface area contributed by atoms with Crippen molar-refractivity contribution in [3.63, 3.8) is 0 Å². The van der Waals surface area contributed by atoms with E-state index < -0.39 is 5.78 Å². The molecule has 1 N–H and O–H groups in total. The number of methoxy groups -OCH3 is 2. The standard InChI is InChI=1S/C19H15FO5/c1-23-17-13-9-10-25-18(13)19(24-2)16(22)15(17)14(21)8-5-11-3-6-12(20)7-4-11/h3-10,22H,1-2H3/b8-5+. The van der Waals surface area contributed by atoms with Gasteiger partial charge in [0, 0.05) is 0 Å². The molecule has 0 saturated carbocycles. The first kappa shape index (κ1) is 16.6. The summed E-state index contributed by atoms with van der Waals surface area (Å²) in [7, 11) is 2.76. The first-order chi connectivity index (χ1) is 12.1. The smallest absolute Gasteiger partial charge is 0.205 e. The van der Waals surface area contributed by atoms with E-state index in [1.807, 2.05) is 0 Å². The van der Waals surface area contributed by atoms with Crippen molar-refractivity contribution in [2.24, 2.45) is 0 Å². The first-order valence-electron chi connectivity index (χ1n) is 7.39. The fourth-order valence-corrected chi connectivity index (χ4v) is 2.59. The van der Waals surface area contributed by atoms with Gasteiger partial charge in [0.25, 0.3) is 0 Å². The Kier molecular flexibility index (Phi) is 4.43. The highest BCUT2D eigenvalue weighted by molar-refractivity contribution is 6.15. The van der Waals surface area contributed by atoms with E-state index in [0.29, 0.717) is 10.9 Å². The van der Waals surface area contributed by atoms with Crippen molar-refractivity contribution in [1.29, 1.82) is 0 Å². The Hall–Kier alpha value is -3.28. The van der Waals surface area contributed by atoms with Gasteiger partial charge in [0.15, 0.2) is 17.1 Å². The van der Waals surface area contributed by atoms with Gasteiger partial charge >= 0.3 is 0 Å². The molecule has 2 aromatic carbocycles. The molecule has 0 fully saturated rings. The number of ether oxygens (including phenoxy) is 2. The van der Waals surface area contributed by atoms with Crippen molar-refractivity contribution in [3.05, 3.63) is 59.6 Å². The van der Waals surface area contributed by atoms with E-state index in [1.165, 1.54) is 56.9 Å². The lowest BCUT2D eigenvalue weighted by molar-refractivity contribution is 0.104. The van der Waals surface area contributed by atoms with Crippen molar-refractivity contribution in [1.82, 2.24) is 0 Å². The van der Waals surface area contributed by atoms with Gasteiger partial charge in [0.2, 0.25) is 5.75 Å². The molecular formula is C19H15FO5. The number of fused-ring (bicyclic) bond motifs is 1. The van der Waals surface area contributed by atoms with Crippen LogP contribution in [0.3, 0.4) is 0 Å². The summed E-state index contributed by atoms with van der Waals surface area (Å²) in [5, 5.41) is 11.0. The molecule has 0 bridgehead atoms. The van der Waals surface area contributed by atoms with Gasteiger partial charge in [-0.05, 0) is 29.8 Å². The number of halogens is 1. The van der Waals surface area contributed by atoms with Crippen LogP contribution >= 0.6 is 0 Å². The topological polar surface area (TPSA) is 68.9 Å². The van der Waals surface area contributed by atoms with Gasteiger partial charge in [-0.1, -0.05) is 18.2 Å². The molecule has 0 amide bonds. The molecule has 0 saturated heterocycles. The number of furan rings is 1. The number of aromatic hydroxyl groups is 1. The lowest BCUT2D eigenvalue weighted by atomic mass is 10.0. The maximum Gasteiger partial charge on any atom is 0.205 e. The number of phenolic OH excluding ortho intramolecular Hbond substituents is 1. The zero-order valence-electron chi connectivity index (χ0n) is 13.6. The van der Waals surface area contributed by atoms with Crippen molar-refractivity contribution in [2.75, 3.05) is 14.2 Å². The molecule has 1 aromatic heterocycles. The molecule has 1 heterocycles. The second kappa shape index (κ2) is 6.68. The zero-order valence-corrected chi connectivity index (χ0v) is 13.6. The monoisotopic (exact) mass is 342 g/mol. The van der Waals surface area contributed by atoms with Gasteiger partial charge in [-0.3, -0.25) is 4.79 Å². The molecule has 3 rings (SSSR count). The summed E-state index contributed by atoms with van der Waals surface area (Å²) in [5.41, 5.74) is 0.895. The lowest BCUT2D eigenvalue weighted by Crippen LogP contribution is -2.02. The Bertz CT molecular complexity index is 954. The number of carbonyl (C=O) groups is 1. The fraction of sp³-hybridized carbons (Fsp3) is 0.105. The number of benzene rings is 2. The van der Waals surface area contributed by atoms with Crippen molar-refractivity contribution in [3.8, 4) is 17.2 Å². The number of rotatable bonds is 5. The Morgan fingerprint density at radius 3 is 2.44 bits per heavy atom. The maximum absolute atomic E-state index is 12.9. The molecule has 0 atom stereocenters. The predicted octanol–water partition coefficient (Wildman–Crippen LogP) is 4.19. The average molecular weight is 342 g/mol. The van der Waals surface area contributed by atoms with Gasteiger partial charge in [-0.15, -0.1) is 0 Å². The SMILES string of the molecule is COc1c(C(=O)/C=C/c2ccc(F)cc2)c(O)c(OC)c2occc12. The maximum atomic E-state index is 12.9. The van der Waals surface area contributed by atoms with Crippen LogP contribution in [0.15, 0.2) is 47.1 Å². The third-order valence-corrected chi connectivity index (χ3v) is 3.75. The minimum absolute atomic E-state index is 0.0355. The van der Waals surface area contributed by atoms with Crippen LogP contribution in [0.25, 0.3) is 17.0 Å². The van der Waals surface area contributed by atoms with E-state index in [-0.39, 0.29) is 34.2 Å². The second-order valence-electron chi connectivity index (χ2n) is 5.20. The summed E-state index contributed by atoms with van der Waals surface area (Å²) >= 11 is 0. The van der Waals surface area contributed by atoms with Crippen molar-refractivity contribution in [2.45, 2.75) is 0 Å². The largest absolute Gasteiger partial charge is 0.504 e. The van der Waals surface area contributed by atoms with Crippen LogP contribution in [0.1, 0.15) is 15.9 Å². The molecule has 6 heteroatoms. The van der Waals surface area contributed by atoms with Crippen LogP contribution in [0, 0.1) is 5.82 Å². The van der Waals surface area contributed by atoms with E-state index in [9.17, 15) is 14.3 Å². The molecule has 0 aliphatic carbocycles. The van der Waals surface area contributed by atoms with Crippen LogP contribution in [0.2, 0.25) is 0 Å². The van der Waals surface area contributed by atoms with Crippen LogP contribution in [0.4, 0.5) is 4.39 Å². The number of hydrogen-bond acceptors (Lipinski definition) is 5. The van der Waals surface area contributed by atoms with E-state index in [4.69, 9.17) is 13.9 Å². The summed E-state index contributed by atoms with van der Waals surface area (Å²) in [5.74, 6) is -0.969. The summed E-state index contributed by atoms with van der Waals surface area (Å²) in [6.07, 6.45) is 4.21.